The van der Waals surface area contributed by atoms with Crippen molar-refractivity contribution in [3.63, 3.8) is 0 Å². The van der Waals surface area contributed by atoms with E-state index in [0.29, 0.717) is 0 Å². The van der Waals surface area contributed by atoms with Gasteiger partial charge in [-0.25, -0.2) is 18.4 Å². The lowest BCUT2D eigenvalue weighted by Gasteiger charge is -2.03. The SMILES string of the molecule is CS(=O)(=O)c1nc(C2=CCOO2)ncc1C#N. The summed E-state index contributed by atoms with van der Waals surface area (Å²) in [4.78, 5) is 17.0. The lowest BCUT2D eigenvalue weighted by molar-refractivity contribution is -0.209. The molecule has 2 heterocycles. The van der Waals surface area contributed by atoms with E-state index in [1.54, 1.807) is 12.1 Å². The van der Waals surface area contributed by atoms with Gasteiger partial charge in [-0.1, -0.05) is 0 Å². The van der Waals surface area contributed by atoms with Crippen molar-refractivity contribution in [2.75, 3.05) is 12.9 Å². The largest absolute Gasteiger partial charge is 0.333 e. The second kappa shape index (κ2) is 4.12. The fourth-order valence-corrected chi connectivity index (χ4v) is 1.96. The van der Waals surface area contributed by atoms with Gasteiger partial charge in [0.25, 0.3) is 0 Å². The minimum Gasteiger partial charge on any atom is -0.333 e. The molecule has 2 rings (SSSR count). The molecule has 0 aromatic carbocycles. The molecule has 0 amide bonds. The van der Waals surface area contributed by atoms with Crippen molar-refractivity contribution in [3.8, 4) is 6.07 Å². The van der Waals surface area contributed by atoms with Gasteiger partial charge in [0.05, 0.1) is 6.20 Å². The predicted octanol–water partition coefficient (Wildman–Crippen LogP) is 0.0545. The molecule has 0 fully saturated rings. The third kappa shape index (κ3) is 2.25. The van der Waals surface area contributed by atoms with Crippen LogP contribution in [0.4, 0.5) is 0 Å². The average molecular weight is 253 g/mol. The number of hydrogen-bond donors (Lipinski definition) is 0. The molecule has 7 nitrogen and oxygen atoms in total. The molecule has 0 saturated carbocycles. The van der Waals surface area contributed by atoms with Gasteiger partial charge in [-0.3, -0.25) is 0 Å². The zero-order valence-electron chi connectivity index (χ0n) is 8.74. The highest BCUT2D eigenvalue weighted by Crippen LogP contribution is 2.19. The molecule has 88 valence electrons. The highest BCUT2D eigenvalue weighted by molar-refractivity contribution is 7.90. The van der Waals surface area contributed by atoms with E-state index in [9.17, 15) is 8.42 Å². The van der Waals surface area contributed by atoms with Crippen LogP contribution in [-0.2, 0) is 19.6 Å². The summed E-state index contributed by atoms with van der Waals surface area (Å²) in [6.07, 6.45) is 3.68. The molecule has 1 aromatic heterocycles. The van der Waals surface area contributed by atoms with Crippen molar-refractivity contribution >= 4 is 15.6 Å². The first-order valence-electron chi connectivity index (χ1n) is 4.49. The van der Waals surface area contributed by atoms with Gasteiger partial charge in [0, 0.05) is 6.26 Å². The molecule has 0 aliphatic carbocycles. The normalized spacial score (nSPS) is 14.9. The molecular formula is C9H7N3O4S. The van der Waals surface area contributed by atoms with E-state index >= 15 is 0 Å². The van der Waals surface area contributed by atoms with Gasteiger partial charge >= 0.3 is 0 Å². The standard InChI is InChI=1S/C9H7N3O4S/c1-17(13,14)9-6(4-10)5-11-8(12-9)7-2-3-15-16-7/h2,5H,3H2,1H3. The zero-order chi connectivity index (χ0) is 12.5. The smallest absolute Gasteiger partial charge is 0.208 e. The van der Waals surface area contributed by atoms with Crippen LogP contribution in [0.25, 0.3) is 5.76 Å². The number of sulfone groups is 1. The summed E-state index contributed by atoms with van der Waals surface area (Å²) in [6.45, 7) is 0.243. The number of rotatable bonds is 2. The van der Waals surface area contributed by atoms with Gasteiger partial charge in [-0.05, 0) is 6.08 Å². The Morgan fingerprint density at radius 3 is 2.82 bits per heavy atom. The maximum Gasteiger partial charge on any atom is 0.208 e. The van der Waals surface area contributed by atoms with Crippen LogP contribution in [0.15, 0.2) is 17.3 Å². The Morgan fingerprint density at radius 2 is 2.29 bits per heavy atom. The topological polar surface area (TPSA) is 102 Å². The number of hydrogen-bond acceptors (Lipinski definition) is 7. The van der Waals surface area contributed by atoms with Gasteiger partial charge in [0.15, 0.2) is 20.7 Å². The molecule has 0 radical (unpaired) electrons. The summed E-state index contributed by atoms with van der Waals surface area (Å²) in [5, 5.41) is 8.45. The van der Waals surface area contributed by atoms with Crippen LogP contribution in [0.5, 0.6) is 0 Å². The number of nitrogens with zero attached hydrogens (tertiary/aromatic N) is 3. The first-order valence-corrected chi connectivity index (χ1v) is 6.38. The van der Waals surface area contributed by atoms with Crippen LogP contribution in [-0.4, -0.2) is 31.2 Å². The van der Waals surface area contributed by atoms with E-state index in [1.165, 1.54) is 0 Å². The fourth-order valence-electron chi connectivity index (χ4n) is 1.21. The Morgan fingerprint density at radius 1 is 1.53 bits per heavy atom. The summed E-state index contributed by atoms with van der Waals surface area (Å²) in [6, 6.07) is 1.72. The molecule has 1 aliphatic rings. The van der Waals surface area contributed by atoms with Gasteiger partial charge in [0.1, 0.15) is 18.2 Å². The fraction of sp³-hybridized carbons (Fsp3) is 0.222. The van der Waals surface area contributed by atoms with Crippen molar-refractivity contribution in [3.05, 3.63) is 23.7 Å². The summed E-state index contributed by atoms with van der Waals surface area (Å²) in [7, 11) is -3.59. The van der Waals surface area contributed by atoms with E-state index < -0.39 is 9.84 Å². The molecule has 0 N–H and O–H groups in total. The Balaban J connectivity index is 2.57. The van der Waals surface area contributed by atoms with Crippen molar-refractivity contribution in [2.24, 2.45) is 0 Å². The third-order valence-electron chi connectivity index (χ3n) is 1.93. The molecule has 0 unspecified atom stereocenters. The van der Waals surface area contributed by atoms with Crippen LogP contribution < -0.4 is 0 Å². The second-order valence-corrected chi connectivity index (χ2v) is 5.16. The lowest BCUT2D eigenvalue weighted by atomic mass is 10.3. The maximum atomic E-state index is 11.4. The van der Waals surface area contributed by atoms with E-state index in [1.807, 2.05) is 0 Å². The number of nitriles is 1. The van der Waals surface area contributed by atoms with Crippen molar-refractivity contribution in [2.45, 2.75) is 5.03 Å². The quantitative estimate of drug-likeness (QED) is 0.542. The van der Waals surface area contributed by atoms with Crippen LogP contribution in [0.2, 0.25) is 0 Å². The molecule has 0 spiro atoms. The summed E-state index contributed by atoms with van der Waals surface area (Å²) < 4.78 is 22.9. The average Bonchev–Trinajstić information content (AvgIpc) is 2.80. The van der Waals surface area contributed by atoms with E-state index in [-0.39, 0.29) is 28.8 Å². The van der Waals surface area contributed by atoms with Crippen LogP contribution >= 0.6 is 0 Å². The molecular weight excluding hydrogens is 246 g/mol. The minimum atomic E-state index is -3.59. The summed E-state index contributed by atoms with van der Waals surface area (Å²) in [5.74, 6) is 0.307. The second-order valence-electron chi connectivity index (χ2n) is 3.23. The van der Waals surface area contributed by atoms with Crippen molar-refractivity contribution < 1.29 is 18.2 Å². The predicted molar refractivity (Wildman–Crippen MR) is 54.9 cm³/mol. The molecule has 0 atom stereocenters. The van der Waals surface area contributed by atoms with Gasteiger partial charge in [0.2, 0.25) is 5.76 Å². The zero-order valence-corrected chi connectivity index (χ0v) is 9.56. The Bertz CT molecular complexity index is 630. The molecule has 1 aromatic rings. The van der Waals surface area contributed by atoms with Gasteiger partial charge < -0.3 is 4.89 Å². The summed E-state index contributed by atoms with van der Waals surface area (Å²) >= 11 is 0. The Kier molecular flexibility index (Phi) is 2.79. The van der Waals surface area contributed by atoms with Crippen molar-refractivity contribution in [1.29, 1.82) is 5.26 Å². The Hall–Kier alpha value is -1.98. The van der Waals surface area contributed by atoms with Gasteiger partial charge in [-0.15, -0.1) is 0 Å². The molecule has 0 saturated heterocycles. The Labute approximate surface area is 97.2 Å². The van der Waals surface area contributed by atoms with Crippen LogP contribution in [0.1, 0.15) is 11.4 Å². The van der Waals surface area contributed by atoms with E-state index in [4.69, 9.17) is 10.1 Å². The molecule has 8 heteroatoms. The molecule has 17 heavy (non-hydrogen) atoms. The van der Waals surface area contributed by atoms with Crippen LogP contribution in [0, 0.1) is 11.3 Å². The van der Waals surface area contributed by atoms with E-state index in [0.717, 1.165) is 12.5 Å². The third-order valence-corrected chi connectivity index (χ3v) is 2.94. The first-order chi connectivity index (χ1) is 8.02. The van der Waals surface area contributed by atoms with Gasteiger partial charge in [-0.2, -0.15) is 10.1 Å². The lowest BCUT2D eigenvalue weighted by Crippen LogP contribution is -2.08. The number of aromatic nitrogens is 2. The highest BCUT2D eigenvalue weighted by Gasteiger charge is 2.20. The maximum absolute atomic E-state index is 11.4. The monoisotopic (exact) mass is 253 g/mol. The first kappa shape index (κ1) is 11.5. The molecule has 0 bridgehead atoms. The van der Waals surface area contributed by atoms with E-state index in [2.05, 4.69) is 14.9 Å². The van der Waals surface area contributed by atoms with Crippen LogP contribution in [0.3, 0.4) is 0 Å². The minimum absolute atomic E-state index is 0.0712. The molecule has 1 aliphatic heterocycles. The summed E-state index contributed by atoms with van der Waals surface area (Å²) in [5.41, 5.74) is -0.101. The highest BCUT2D eigenvalue weighted by atomic mass is 32.2. The van der Waals surface area contributed by atoms with Crippen molar-refractivity contribution in [1.82, 2.24) is 9.97 Å².